The van der Waals surface area contributed by atoms with Gasteiger partial charge in [0.05, 0.1) is 4.92 Å². The quantitative estimate of drug-likeness (QED) is 0.630. The third kappa shape index (κ3) is 4.29. The lowest BCUT2D eigenvalue weighted by molar-refractivity contribution is -0.383. The van der Waals surface area contributed by atoms with E-state index in [0.717, 1.165) is 12.1 Å². The van der Waals surface area contributed by atoms with Gasteiger partial charge in [-0.2, -0.15) is 0 Å². The summed E-state index contributed by atoms with van der Waals surface area (Å²) in [6.07, 6.45) is 0.952. The fraction of sp³-hybridized carbons (Fsp3) is 0.235. The molecule has 0 fully saturated rings. The Hall–Kier alpha value is -2.89. The molecule has 0 bridgehead atoms. The van der Waals surface area contributed by atoms with E-state index in [9.17, 15) is 14.9 Å². The Morgan fingerprint density at radius 1 is 1.17 bits per heavy atom. The van der Waals surface area contributed by atoms with Gasteiger partial charge in [-0.15, -0.1) is 0 Å². The topological polar surface area (TPSA) is 84.3 Å². The minimum atomic E-state index is -0.526. The molecule has 0 radical (unpaired) electrons. The number of nitro benzene ring substituents is 1. The number of nitro groups is 1. The van der Waals surface area contributed by atoms with Crippen LogP contribution in [0.1, 0.15) is 19.4 Å². The lowest BCUT2D eigenvalue weighted by Crippen LogP contribution is -2.32. The summed E-state index contributed by atoms with van der Waals surface area (Å²) in [5.74, 6) is -0.334. The molecule has 0 aliphatic carbocycles. The number of carbonyl (C=O) groups excluding carboxylic acids is 1. The van der Waals surface area contributed by atoms with Crippen molar-refractivity contribution in [3.8, 4) is 0 Å². The molecule has 6 heteroatoms. The van der Waals surface area contributed by atoms with Gasteiger partial charge in [-0.1, -0.05) is 31.2 Å². The van der Waals surface area contributed by atoms with E-state index in [1.54, 1.807) is 19.1 Å². The minimum Gasteiger partial charge on any atom is -0.374 e. The number of nitrogens with zero attached hydrogens (tertiary/aromatic N) is 1. The normalized spacial score (nSPS) is 11.6. The molecule has 0 saturated carbocycles. The average Bonchev–Trinajstić information content (AvgIpc) is 2.55. The van der Waals surface area contributed by atoms with Gasteiger partial charge in [0.1, 0.15) is 11.7 Å². The van der Waals surface area contributed by atoms with Crippen LogP contribution < -0.4 is 10.6 Å². The van der Waals surface area contributed by atoms with Crippen molar-refractivity contribution in [3.05, 3.63) is 64.2 Å². The molecule has 0 aromatic heterocycles. The van der Waals surface area contributed by atoms with E-state index in [1.165, 1.54) is 17.7 Å². The maximum Gasteiger partial charge on any atom is 0.292 e. The Kier molecular flexibility index (Phi) is 5.30. The van der Waals surface area contributed by atoms with Crippen LogP contribution in [-0.2, 0) is 11.2 Å². The number of carbonyl (C=O) groups is 1. The molecule has 2 aromatic rings. The molecule has 0 spiro atoms. The monoisotopic (exact) mass is 313 g/mol. The molecule has 0 aliphatic rings. The predicted octanol–water partition coefficient (Wildman–Crippen LogP) is 3.60. The third-order valence-electron chi connectivity index (χ3n) is 3.50. The molecule has 2 N–H and O–H groups in total. The van der Waals surface area contributed by atoms with Crippen molar-refractivity contribution in [2.45, 2.75) is 26.3 Å². The highest BCUT2D eigenvalue weighted by Crippen LogP contribution is 2.23. The zero-order chi connectivity index (χ0) is 16.8. The van der Waals surface area contributed by atoms with Crippen molar-refractivity contribution < 1.29 is 9.72 Å². The molecule has 2 aromatic carbocycles. The van der Waals surface area contributed by atoms with E-state index in [2.05, 4.69) is 17.6 Å². The molecule has 1 atom stereocenters. The van der Waals surface area contributed by atoms with Gasteiger partial charge in [0.15, 0.2) is 0 Å². The number of anilines is 2. The van der Waals surface area contributed by atoms with Crippen LogP contribution in [0.15, 0.2) is 48.5 Å². The summed E-state index contributed by atoms with van der Waals surface area (Å²) in [6.45, 7) is 3.78. The zero-order valence-corrected chi connectivity index (χ0v) is 13.1. The van der Waals surface area contributed by atoms with Crippen LogP contribution in [0.5, 0.6) is 0 Å². The van der Waals surface area contributed by atoms with E-state index < -0.39 is 11.0 Å². The fourth-order valence-electron chi connectivity index (χ4n) is 2.13. The van der Waals surface area contributed by atoms with Crippen LogP contribution in [0, 0.1) is 10.1 Å². The largest absolute Gasteiger partial charge is 0.374 e. The second-order valence-electron chi connectivity index (χ2n) is 5.18. The molecule has 0 saturated heterocycles. The Morgan fingerprint density at radius 2 is 1.83 bits per heavy atom. The van der Waals surface area contributed by atoms with Gasteiger partial charge in [0.25, 0.3) is 5.69 Å². The second-order valence-corrected chi connectivity index (χ2v) is 5.18. The zero-order valence-electron chi connectivity index (χ0n) is 13.1. The number of benzene rings is 2. The van der Waals surface area contributed by atoms with Gasteiger partial charge < -0.3 is 10.6 Å². The van der Waals surface area contributed by atoms with E-state index in [0.29, 0.717) is 0 Å². The molecule has 6 nitrogen and oxygen atoms in total. The highest BCUT2D eigenvalue weighted by atomic mass is 16.6. The molecular weight excluding hydrogens is 294 g/mol. The van der Waals surface area contributed by atoms with E-state index in [1.807, 2.05) is 24.3 Å². The molecule has 0 aliphatic heterocycles. The van der Waals surface area contributed by atoms with E-state index in [-0.39, 0.29) is 17.3 Å². The van der Waals surface area contributed by atoms with Crippen LogP contribution >= 0.6 is 0 Å². The fourth-order valence-corrected chi connectivity index (χ4v) is 2.13. The Bertz CT molecular complexity index is 698. The van der Waals surface area contributed by atoms with Crippen molar-refractivity contribution in [1.29, 1.82) is 0 Å². The van der Waals surface area contributed by atoms with Gasteiger partial charge in [-0.25, -0.2) is 0 Å². The Balaban J connectivity index is 2.04. The number of aryl methyl sites for hydroxylation is 1. The summed E-state index contributed by atoms with van der Waals surface area (Å²) >= 11 is 0. The predicted molar refractivity (Wildman–Crippen MR) is 90.6 cm³/mol. The molecule has 2 rings (SSSR count). The van der Waals surface area contributed by atoms with Crippen LogP contribution in [-0.4, -0.2) is 16.9 Å². The Labute approximate surface area is 134 Å². The minimum absolute atomic E-state index is 0.125. The molecule has 0 heterocycles. The van der Waals surface area contributed by atoms with E-state index in [4.69, 9.17) is 0 Å². The van der Waals surface area contributed by atoms with Crippen molar-refractivity contribution in [2.75, 3.05) is 10.6 Å². The summed E-state index contributed by atoms with van der Waals surface area (Å²) < 4.78 is 0. The van der Waals surface area contributed by atoms with E-state index >= 15 is 0 Å². The van der Waals surface area contributed by atoms with Crippen LogP contribution in [0.25, 0.3) is 0 Å². The van der Waals surface area contributed by atoms with Crippen LogP contribution in [0.3, 0.4) is 0 Å². The molecular formula is C17H19N3O3. The number of hydrogen-bond acceptors (Lipinski definition) is 4. The number of para-hydroxylation sites is 2. The summed E-state index contributed by atoms with van der Waals surface area (Å²) in [4.78, 5) is 22.7. The number of hydrogen-bond donors (Lipinski definition) is 2. The number of amides is 1. The Morgan fingerprint density at radius 3 is 2.43 bits per heavy atom. The molecule has 23 heavy (non-hydrogen) atoms. The highest BCUT2D eigenvalue weighted by molar-refractivity contribution is 5.97. The summed E-state index contributed by atoms with van der Waals surface area (Å²) in [6, 6.07) is 13.4. The van der Waals surface area contributed by atoms with Gasteiger partial charge in [-0.3, -0.25) is 14.9 Å². The maximum absolute atomic E-state index is 12.2. The summed E-state index contributed by atoms with van der Waals surface area (Å²) in [5, 5.41) is 16.6. The second kappa shape index (κ2) is 7.40. The van der Waals surface area contributed by atoms with Crippen molar-refractivity contribution in [3.63, 3.8) is 0 Å². The maximum atomic E-state index is 12.2. The third-order valence-corrected chi connectivity index (χ3v) is 3.50. The first-order valence-corrected chi connectivity index (χ1v) is 7.41. The summed E-state index contributed by atoms with van der Waals surface area (Å²) in [7, 11) is 0. The number of rotatable bonds is 6. The van der Waals surface area contributed by atoms with Crippen LogP contribution in [0.2, 0.25) is 0 Å². The molecule has 120 valence electrons. The first kappa shape index (κ1) is 16.5. The standard InChI is InChI=1S/C17H19N3O3/c1-3-13-8-10-14(11-9-13)18-12(2)17(21)19-15-6-4-5-7-16(15)20(22)23/h4-12,18H,3H2,1-2H3,(H,19,21). The lowest BCUT2D eigenvalue weighted by atomic mass is 10.1. The lowest BCUT2D eigenvalue weighted by Gasteiger charge is -2.15. The van der Waals surface area contributed by atoms with Crippen molar-refractivity contribution >= 4 is 23.0 Å². The average molecular weight is 313 g/mol. The molecule has 1 amide bonds. The highest BCUT2D eigenvalue weighted by Gasteiger charge is 2.18. The van der Waals surface area contributed by atoms with Crippen LogP contribution in [0.4, 0.5) is 17.1 Å². The first-order valence-electron chi connectivity index (χ1n) is 7.41. The number of nitrogens with one attached hydrogen (secondary N) is 2. The SMILES string of the molecule is CCc1ccc(NC(C)C(=O)Nc2ccccc2[N+](=O)[O-])cc1. The van der Waals surface area contributed by atoms with Gasteiger partial charge >= 0.3 is 0 Å². The van der Waals surface area contributed by atoms with Crippen molar-refractivity contribution in [1.82, 2.24) is 0 Å². The smallest absolute Gasteiger partial charge is 0.292 e. The first-order chi connectivity index (χ1) is 11.0. The van der Waals surface area contributed by atoms with Crippen molar-refractivity contribution in [2.24, 2.45) is 0 Å². The van der Waals surface area contributed by atoms with Gasteiger partial charge in [0, 0.05) is 11.8 Å². The molecule has 1 unspecified atom stereocenters. The van der Waals surface area contributed by atoms with Gasteiger partial charge in [-0.05, 0) is 37.1 Å². The van der Waals surface area contributed by atoms with Gasteiger partial charge in [0.2, 0.25) is 5.91 Å². The summed E-state index contributed by atoms with van der Waals surface area (Å²) in [5.41, 5.74) is 2.11.